The highest BCUT2D eigenvalue weighted by atomic mass is 35.5. The molecule has 2 saturated heterocycles. The van der Waals surface area contributed by atoms with Crippen molar-refractivity contribution >= 4 is 24.2 Å². The SMILES string of the molecule is CCCN(C(=O)C1CCCN(C(=O)c2cc(C)cc(C)c2)C1)C1CCNC1.Cl. The number of nitrogens with one attached hydrogen (secondary N) is 1. The Bertz CT molecular complexity index is 668. The van der Waals surface area contributed by atoms with Gasteiger partial charge in [0.2, 0.25) is 5.91 Å². The second kappa shape index (κ2) is 10.3. The van der Waals surface area contributed by atoms with Gasteiger partial charge in [-0.05, 0) is 58.2 Å². The Hall–Kier alpha value is -1.59. The Kier molecular flexibility index (Phi) is 8.32. The number of rotatable bonds is 5. The number of halogens is 1. The molecule has 1 N–H and O–H groups in total. The van der Waals surface area contributed by atoms with Gasteiger partial charge in [-0.1, -0.05) is 24.1 Å². The van der Waals surface area contributed by atoms with Crippen molar-refractivity contribution in [1.29, 1.82) is 0 Å². The average molecular weight is 408 g/mol. The molecular formula is C22H34ClN3O2. The van der Waals surface area contributed by atoms with Gasteiger partial charge in [-0.15, -0.1) is 12.4 Å². The maximum absolute atomic E-state index is 13.2. The van der Waals surface area contributed by atoms with E-state index in [1.807, 2.05) is 30.9 Å². The molecular weight excluding hydrogens is 374 g/mol. The van der Waals surface area contributed by atoms with Gasteiger partial charge in [0.1, 0.15) is 0 Å². The van der Waals surface area contributed by atoms with E-state index in [0.29, 0.717) is 12.6 Å². The highest BCUT2D eigenvalue weighted by Crippen LogP contribution is 2.23. The van der Waals surface area contributed by atoms with E-state index in [1.54, 1.807) is 0 Å². The van der Waals surface area contributed by atoms with Gasteiger partial charge < -0.3 is 15.1 Å². The lowest BCUT2D eigenvalue weighted by atomic mass is 9.94. The smallest absolute Gasteiger partial charge is 0.253 e. The number of benzene rings is 1. The summed E-state index contributed by atoms with van der Waals surface area (Å²) in [6.45, 7) is 10.1. The monoisotopic (exact) mass is 407 g/mol. The van der Waals surface area contributed by atoms with E-state index < -0.39 is 0 Å². The van der Waals surface area contributed by atoms with Crippen molar-refractivity contribution in [3.63, 3.8) is 0 Å². The van der Waals surface area contributed by atoms with Gasteiger partial charge in [-0.25, -0.2) is 0 Å². The molecule has 5 nitrogen and oxygen atoms in total. The molecule has 0 radical (unpaired) electrons. The Morgan fingerprint density at radius 1 is 1.18 bits per heavy atom. The summed E-state index contributed by atoms with van der Waals surface area (Å²) in [5.41, 5.74) is 2.95. The molecule has 2 amide bonds. The maximum atomic E-state index is 13.2. The van der Waals surface area contributed by atoms with E-state index in [9.17, 15) is 9.59 Å². The fourth-order valence-electron chi connectivity index (χ4n) is 4.50. The Balaban J connectivity index is 0.00000280. The summed E-state index contributed by atoms with van der Waals surface area (Å²) in [7, 11) is 0. The molecule has 28 heavy (non-hydrogen) atoms. The first-order valence-electron chi connectivity index (χ1n) is 10.4. The van der Waals surface area contributed by atoms with Crippen LogP contribution in [0.15, 0.2) is 18.2 Å². The van der Waals surface area contributed by atoms with E-state index in [4.69, 9.17) is 0 Å². The molecule has 0 bridgehead atoms. The number of amides is 2. The number of nitrogens with zero attached hydrogens (tertiary/aromatic N) is 2. The van der Waals surface area contributed by atoms with Crippen molar-refractivity contribution < 1.29 is 9.59 Å². The van der Waals surface area contributed by atoms with Crippen LogP contribution < -0.4 is 5.32 Å². The third kappa shape index (κ3) is 5.26. The highest BCUT2D eigenvalue weighted by Gasteiger charge is 2.34. The molecule has 1 aromatic rings. The van der Waals surface area contributed by atoms with Crippen LogP contribution in [-0.2, 0) is 4.79 Å². The predicted octanol–water partition coefficient (Wildman–Crippen LogP) is 3.18. The van der Waals surface area contributed by atoms with Crippen LogP contribution in [0.25, 0.3) is 0 Å². The molecule has 3 rings (SSSR count). The van der Waals surface area contributed by atoms with Gasteiger partial charge in [0.05, 0.1) is 5.92 Å². The minimum atomic E-state index is -0.0687. The first-order valence-corrected chi connectivity index (χ1v) is 10.4. The summed E-state index contributed by atoms with van der Waals surface area (Å²) < 4.78 is 0. The van der Waals surface area contributed by atoms with Gasteiger partial charge in [-0.3, -0.25) is 9.59 Å². The lowest BCUT2D eigenvalue weighted by molar-refractivity contribution is -0.139. The van der Waals surface area contributed by atoms with E-state index in [2.05, 4.69) is 23.2 Å². The Morgan fingerprint density at radius 2 is 1.89 bits per heavy atom. The summed E-state index contributed by atoms with van der Waals surface area (Å²) >= 11 is 0. The number of carbonyl (C=O) groups is 2. The lowest BCUT2D eigenvalue weighted by Crippen LogP contribution is -2.50. The number of likely N-dealkylation sites (tertiary alicyclic amines) is 1. The topological polar surface area (TPSA) is 52.7 Å². The second-order valence-corrected chi connectivity index (χ2v) is 8.14. The zero-order valence-corrected chi connectivity index (χ0v) is 18.2. The maximum Gasteiger partial charge on any atom is 0.253 e. The molecule has 0 saturated carbocycles. The van der Waals surface area contributed by atoms with Gasteiger partial charge in [0, 0.05) is 37.8 Å². The zero-order valence-electron chi connectivity index (χ0n) is 17.4. The first-order chi connectivity index (χ1) is 13.0. The van der Waals surface area contributed by atoms with Crippen LogP contribution >= 0.6 is 12.4 Å². The van der Waals surface area contributed by atoms with Crippen LogP contribution in [-0.4, -0.2) is 60.4 Å². The molecule has 2 fully saturated rings. The largest absolute Gasteiger partial charge is 0.338 e. The van der Waals surface area contributed by atoms with Crippen molar-refractivity contribution in [1.82, 2.24) is 15.1 Å². The Labute approximate surface area is 175 Å². The summed E-state index contributed by atoms with van der Waals surface area (Å²) in [5.74, 6) is 0.230. The van der Waals surface area contributed by atoms with E-state index >= 15 is 0 Å². The van der Waals surface area contributed by atoms with Gasteiger partial charge in [0.25, 0.3) is 5.91 Å². The van der Waals surface area contributed by atoms with E-state index in [-0.39, 0.29) is 30.1 Å². The van der Waals surface area contributed by atoms with E-state index in [0.717, 1.165) is 68.6 Å². The van der Waals surface area contributed by atoms with Crippen LogP contribution in [0.3, 0.4) is 0 Å². The van der Waals surface area contributed by atoms with Crippen LogP contribution in [0.5, 0.6) is 0 Å². The molecule has 0 aliphatic carbocycles. The fraction of sp³-hybridized carbons (Fsp3) is 0.636. The molecule has 2 unspecified atom stereocenters. The van der Waals surface area contributed by atoms with Crippen LogP contribution in [0.2, 0.25) is 0 Å². The summed E-state index contributed by atoms with van der Waals surface area (Å²) in [5, 5.41) is 3.37. The molecule has 1 aromatic carbocycles. The number of piperidine rings is 1. The molecule has 156 valence electrons. The van der Waals surface area contributed by atoms with Crippen molar-refractivity contribution in [3.05, 3.63) is 34.9 Å². The fourth-order valence-corrected chi connectivity index (χ4v) is 4.50. The number of hydrogen-bond acceptors (Lipinski definition) is 3. The number of hydrogen-bond donors (Lipinski definition) is 1. The quantitative estimate of drug-likeness (QED) is 0.815. The third-order valence-corrected chi connectivity index (χ3v) is 5.75. The molecule has 0 spiro atoms. The van der Waals surface area contributed by atoms with Crippen LogP contribution in [0.4, 0.5) is 0 Å². The van der Waals surface area contributed by atoms with Gasteiger partial charge in [-0.2, -0.15) is 0 Å². The third-order valence-electron chi connectivity index (χ3n) is 5.75. The Morgan fingerprint density at radius 3 is 2.50 bits per heavy atom. The molecule has 2 heterocycles. The number of aryl methyl sites for hydroxylation is 2. The van der Waals surface area contributed by atoms with Crippen molar-refractivity contribution in [2.75, 3.05) is 32.7 Å². The predicted molar refractivity (Wildman–Crippen MR) is 115 cm³/mol. The lowest BCUT2D eigenvalue weighted by Gasteiger charge is -2.37. The van der Waals surface area contributed by atoms with Crippen LogP contribution in [0.1, 0.15) is 54.1 Å². The van der Waals surface area contributed by atoms with Crippen LogP contribution in [0, 0.1) is 19.8 Å². The molecule has 2 aliphatic rings. The van der Waals surface area contributed by atoms with Crippen molar-refractivity contribution in [2.24, 2.45) is 5.92 Å². The standard InChI is InChI=1S/C22H33N3O2.ClH/c1-4-9-25(20-7-8-23-14-20)22(27)18-6-5-10-24(15-18)21(26)19-12-16(2)11-17(3)13-19;/h11-13,18,20,23H,4-10,14-15H2,1-3H3;1H. The summed E-state index contributed by atoms with van der Waals surface area (Å²) in [4.78, 5) is 30.2. The average Bonchev–Trinajstić information content (AvgIpc) is 3.18. The normalized spacial score (nSPS) is 21.9. The summed E-state index contributed by atoms with van der Waals surface area (Å²) in [6, 6.07) is 6.29. The van der Waals surface area contributed by atoms with Crippen molar-refractivity contribution in [3.8, 4) is 0 Å². The van der Waals surface area contributed by atoms with Gasteiger partial charge >= 0.3 is 0 Å². The zero-order chi connectivity index (χ0) is 19.4. The second-order valence-electron chi connectivity index (χ2n) is 8.14. The number of carbonyl (C=O) groups excluding carboxylic acids is 2. The van der Waals surface area contributed by atoms with E-state index in [1.165, 1.54) is 0 Å². The molecule has 2 aliphatic heterocycles. The highest BCUT2D eigenvalue weighted by molar-refractivity contribution is 5.95. The first kappa shape index (κ1) is 22.7. The molecule has 0 aromatic heterocycles. The van der Waals surface area contributed by atoms with Gasteiger partial charge in [0.15, 0.2) is 0 Å². The molecule has 6 heteroatoms. The van der Waals surface area contributed by atoms with Crippen molar-refractivity contribution in [2.45, 2.75) is 52.5 Å². The minimum absolute atomic E-state index is 0. The molecule has 2 atom stereocenters. The minimum Gasteiger partial charge on any atom is -0.338 e. The summed E-state index contributed by atoms with van der Waals surface area (Å²) in [6.07, 6.45) is 3.79.